The first kappa shape index (κ1) is 11.6. The molecule has 1 aromatic heterocycles. The largest absolute Gasteiger partial charge is 0.364 e. The minimum absolute atomic E-state index is 0.131. The lowest BCUT2D eigenvalue weighted by atomic mass is 10.0. The summed E-state index contributed by atoms with van der Waals surface area (Å²) >= 11 is 6.08. The number of aromatic nitrogens is 3. The number of aromatic amines is 1. The predicted molar refractivity (Wildman–Crippen MR) is 64.8 cm³/mol. The van der Waals surface area contributed by atoms with E-state index in [1.54, 1.807) is 0 Å². The number of halogens is 1. The van der Waals surface area contributed by atoms with Crippen LogP contribution in [-0.4, -0.2) is 21.3 Å². The Labute approximate surface area is 103 Å². The van der Waals surface area contributed by atoms with Crippen molar-refractivity contribution in [2.24, 2.45) is 5.73 Å². The second-order valence-corrected chi connectivity index (χ2v) is 4.19. The molecule has 0 unspecified atom stereocenters. The number of nitrogens with zero attached hydrogens (tertiary/aromatic N) is 2. The molecule has 0 aliphatic rings. The standard InChI is InChI=1S/C11H11ClN4O/c1-5-3-7(4-6(2)8(5)12)9-10(11(13)17)15-16-14-9/h3-4H,1-2H3,(H2,13,17)(H,14,15,16). The minimum Gasteiger partial charge on any atom is -0.364 e. The Kier molecular flexibility index (Phi) is 2.85. The van der Waals surface area contributed by atoms with Crippen LogP contribution in [0.4, 0.5) is 0 Å². The quantitative estimate of drug-likeness (QED) is 0.853. The van der Waals surface area contributed by atoms with E-state index in [1.807, 2.05) is 26.0 Å². The molecule has 6 heteroatoms. The van der Waals surface area contributed by atoms with Crippen LogP contribution in [0.3, 0.4) is 0 Å². The van der Waals surface area contributed by atoms with E-state index >= 15 is 0 Å². The van der Waals surface area contributed by atoms with Gasteiger partial charge in [-0.2, -0.15) is 15.4 Å². The first-order valence-corrected chi connectivity index (χ1v) is 5.36. The fraction of sp³-hybridized carbons (Fsp3) is 0.182. The lowest BCUT2D eigenvalue weighted by Crippen LogP contribution is -2.12. The van der Waals surface area contributed by atoms with Gasteiger partial charge in [0.1, 0.15) is 5.69 Å². The number of H-pyrrole nitrogens is 1. The summed E-state index contributed by atoms with van der Waals surface area (Å²) in [6, 6.07) is 3.69. The average Bonchev–Trinajstić information content (AvgIpc) is 2.74. The van der Waals surface area contributed by atoms with Crippen LogP contribution < -0.4 is 5.73 Å². The summed E-state index contributed by atoms with van der Waals surface area (Å²) < 4.78 is 0. The molecule has 0 atom stereocenters. The van der Waals surface area contributed by atoms with Crippen LogP contribution in [0.25, 0.3) is 11.3 Å². The van der Waals surface area contributed by atoms with Crippen molar-refractivity contribution in [3.05, 3.63) is 34.0 Å². The van der Waals surface area contributed by atoms with Crippen molar-refractivity contribution in [2.45, 2.75) is 13.8 Å². The van der Waals surface area contributed by atoms with E-state index in [0.29, 0.717) is 10.7 Å². The lowest BCUT2D eigenvalue weighted by Gasteiger charge is -2.06. The fourth-order valence-corrected chi connectivity index (χ4v) is 1.80. The maximum Gasteiger partial charge on any atom is 0.271 e. The third kappa shape index (κ3) is 2.01. The number of hydrogen-bond donors (Lipinski definition) is 2. The van der Waals surface area contributed by atoms with Crippen molar-refractivity contribution in [3.8, 4) is 11.3 Å². The van der Waals surface area contributed by atoms with Crippen molar-refractivity contribution < 1.29 is 4.79 Å². The fourth-order valence-electron chi connectivity index (χ4n) is 1.69. The molecule has 1 aromatic carbocycles. The van der Waals surface area contributed by atoms with Crippen LogP contribution in [-0.2, 0) is 0 Å². The van der Waals surface area contributed by atoms with Gasteiger partial charge in [0.15, 0.2) is 5.69 Å². The Morgan fingerprint density at radius 1 is 1.29 bits per heavy atom. The van der Waals surface area contributed by atoms with Gasteiger partial charge in [0, 0.05) is 10.6 Å². The summed E-state index contributed by atoms with van der Waals surface area (Å²) in [5.41, 5.74) is 8.39. The van der Waals surface area contributed by atoms with E-state index in [-0.39, 0.29) is 5.69 Å². The van der Waals surface area contributed by atoms with Gasteiger partial charge in [-0.15, -0.1) is 0 Å². The zero-order chi connectivity index (χ0) is 12.6. The average molecular weight is 251 g/mol. The Balaban J connectivity index is 2.61. The molecule has 0 saturated heterocycles. The van der Waals surface area contributed by atoms with E-state index in [9.17, 15) is 4.79 Å². The van der Waals surface area contributed by atoms with Gasteiger partial charge in [0.05, 0.1) is 0 Å². The molecule has 5 nitrogen and oxygen atoms in total. The molecular formula is C11H11ClN4O. The Bertz CT molecular complexity index is 568. The van der Waals surface area contributed by atoms with Crippen LogP contribution in [0.5, 0.6) is 0 Å². The summed E-state index contributed by atoms with van der Waals surface area (Å²) in [6.07, 6.45) is 0. The van der Waals surface area contributed by atoms with E-state index in [0.717, 1.165) is 16.7 Å². The highest BCUT2D eigenvalue weighted by Crippen LogP contribution is 2.28. The highest BCUT2D eigenvalue weighted by atomic mass is 35.5. The molecule has 0 aliphatic carbocycles. The normalized spacial score (nSPS) is 10.5. The number of nitrogens with two attached hydrogens (primary N) is 1. The number of aryl methyl sites for hydroxylation is 2. The van der Waals surface area contributed by atoms with Gasteiger partial charge >= 0.3 is 0 Å². The topological polar surface area (TPSA) is 84.7 Å². The monoisotopic (exact) mass is 250 g/mol. The second-order valence-electron chi connectivity index (χ2n) is 3.81. The maximum absolute atomic E-state index is 11.2. The van der Waals surface area contributed by atoms with Crippen molar-refractivity contribution >= 4 is 17.5 Å². The zero-order valence-corrected chi connectivity index (χ0v) is 10.2. The highest BCUT2D eigenvalue weighted by Gasteiger charge is 2.16. The smallest absolute Gasteiger partial charge is 0.271 e. The summed E-state index contributed by atoms with van der Waals surface area (Å²) in [5, 5.41) is 10.8. The first-order valence-electron chi connectivity index (χ1n) is 4.98. The lowest BCUT2D eigenvalue weighted by molar-refractivity contribution is 0.0996. The van der Waals surface area contributed by atoms with Gasteiger partial charge in [0.25, 0.3) is 5.91 Å². The van der Waals surface area contributed by atoms with Crippen LogP contribution in [0, 0.1) is 13.8 Å². The number of carbonyl (C=O) groups is 1. The summed E-state index contributed by atoms with van der Waals surface area (Å²) in [5.74, 6) is -0.612. The number of nitrogens with one attached hydrogen (secondary N) is 1. The highest BCUT2D eigenvalue weighted by molar-refractivity contribution is 6.32. The van der Waals surface area contributed by atoms with Crippen molar-refractivity contribution in [1.29, 1.82) is 0 Å². The van der Waals surface area contributed by atoms with Crippen LogP contribution in [0.2, 0.25) is 5.02 Å². The third-order valence-corrected chi connectivity index (χ3v) is 3.09. The number of amides is 1. The van der Waals surface area contributed by atoms with Crippen molar-refractivity contribution in [3.63, 3.8) is 0 Å². The molecule has 2 rings (SSSR count). The number of hydrogen-bond acceptors (Lipinski definition) is 3. The third-order valence-electron chi connectivity index (χ3n) is 2.49. The van der Waals surface area contributed by atoms with Gasteiger partial charge in [-0.25, -0.2) is 0 Å². The number of carbonyl (C=O) groups excluding carboxylic acids is 1. The summed E-state index contributed by atoms with van der Waals surface area (Å²) in [7, 11) is 0. The van der Waals surface area contributed by atoms with Gasteiger partial charge in [-0.1, -0.05) is 11.6 Å². The van der Waals surface area contributed by atoms with Gasteiger partial charge in [-0.3, -0.25) is 4.79 Å². The number of benzene rings is 1. The predicted octanol–water partition coefficient (Wildman–Crippen LogP) is 1.84. The molecule has 3 N–H and O–H groups in total. The minimum atomic E-state index is -0.612. The molecule has 0 bridgehead atoms. The molecule has 0 spiro atoms. The van der Waals surface area contributed by atoms with E-state index in [1.165, 1.54) is 0 Å². The number of rotatable bonds is 2. The first-order chi connectivity index (χ1) is 8.00. The summed E-state index contributed by atoms with van der Waals surface area (Å²) in [4.78, 5) is 11.2. The molecular weight excluding hydrogens is 240 g/mol. The Morgan fingerprint density at radius 3 is 2.41 bits per heavy atom. The Hall–Kier alpha value is -1.88. The zero-order valence-electron chi connectivity index (χ0n) is 9.41. The molecule has 2 aromatic rings. The maximum atomic E-state index is 11.2. The summed E-state index contributed by atoms with van der Waals surface area (Å²) in [6.45, 7) is 3.78. The molecule has 1 amide bonds. The van der Waals surface area contributed by atoms with E-state index in [2.05, 4.69) is 15.4 Å². The number of primary amides is 1. The van der Waals surface area contributed by atoms with Gasteiger partial charge in [-0.05, 0) is 37.1 Å². The van der Waals surface area contributed by atoms with Crippen LogP contribution in [0.1, 0.15) is 21.6 Å². The molecule has 0 aliphatic heterocycles. The van der Waals surface area contributed by atoms with Crippen molar-refractivity contribution in [1.82, 2.24) is 15.4 Å². The molecule has 88 valence electrons. The SMILES string of the molecule is Cc1cc(-c2n[nH]nc2C(N)=O)cc(C)c1Cl. The molecule has 0 fully saturated rings. The molecule has 17 heavy (non-hydrogen) atoms. The molecule has 0 saturated carbocycles. The van der Waals surface area contributed by atoms with Crippen LogP contribution in [0.15, 0.2) is 12.1 Å². The van der Waals surface area contributed by atoms with Gasteiger partial charge in [0.2, 0.25) is 0 Å². The van der Waals surface area contributed by atoms with Crippen LogP contribution >= 0.6 is 11.6 Å². The van der Waals surface area contributed by atoms with E-state index in [4.69, 9.17) is 17.3 Å². The van der Waals surface area contributed by atoms with Crippen molar-refractivity contribution in [2.75, 3.05) is 0 Å². The molecule has 0 radical (unpaired) electrons. The Morgan fingerprint density at radius 2 is 1.88 bits per heavy atom. The molecule has 1 heterocycles. The van der Waals surface area contributed by atoms with E-state index < -0.39 is 5.91 Å². The second kappa shape index (κ2) is 4.18. The van der Waals surface area contributed by atoms with Gasteiger partial charge < -0.3 is 5.73 Å².